The molecule has 1 aromatic carbocycles. The largest absolute Gasteiger partial charge is 0.493 e. The minimum absolute atomic E-state index is 0.0117. The van der Waals surface area contributed by atoms with Crippen LogP contribution in [-0.4, -0.2) is 82.1 Å². The molecule has 1 aromatic rings. The van der Waals surface area contributed by atoms with Gasteiger partial charge in [-0.3, -0.25) is 19.7 Å². The average Bonchev–Trinajstić information content (AvgIpc) is 3.16. The maximum Gasteiger partial charge on any atom is 0.303 e. The lowest BCUT2D eigenvalue weighted by atomic mass is 10.1. The van der Waals surface area contributed by atoms with Crippen molar-refractivity contribution in [1.29, 1.82) is 0 Å². The number of benzene rings is 1. The molecule has 0 saturated carbocycles. The summed E-state index contributed by atoms with van der Waals surface area (Å²) in [4.78, 5) is 36.6. The van der Waals surface area contributed by atoms with Crippen molar-refractivity contribution in [2.24, 2.45) is 0 Å². The molecule has 2 N–H and O–H groups in total. The number of aliphatic hydroxyl groups is 1. The number of thioether (sulfide) groups is 1. The smallest absolute Gasteiger partial charge is 0.303 e. The Kier molecular flexibility index (Phi) is 10.2. The summed E-state index contributed by atoms with van der Waals surface area (Å²) in [5.41, 5.74) is -1.03. The number of rotatable bonds is 13. The van der Waals surface area contributed by atoms with Gasteiger partial charge in [-0.05, 0) is 25.5 Å². The molecule has 1 heterocycles. The zero-order valence-electron chi connectivity index (χ0n) is 18.9. The molecule has 1 amide bonds. The fraction of sp³-hybridized carbons (Fsp3) is 0.619. The molecule has 0 bridgehead atoms. The molecule has 12 heteroatoms. The topological polar surface area (TPSA) is 149 Å². The van der Waals surface area contributed by atoms with E-state index in [9.17, 15) is 24.8 Å². The van der Waals surface area contributed by atoms with E-state index >= 15 is 0 Å². The summed E-state index contributed by atoms with van der Waals surface area (Å²) >= 11 is 1.50. The van der Waals surface area contributed by atoms with Crippen LogP contribution in [0.4, 0.5) is 5.69 Å². The van der Waals surface area contributed by atoms with Crippen LogP contribution in [0.25, 0.3) is 0 Å². The van der Waals surface area contributed by atoms with Crippen LogP contribution in [0.3, 0.4) is 0 Å². The molecule has 1 aliphatic rings. The van der Waals surface area contributed by atoms with Gasteiger partial charge in [-0.25, -0.2) is 0 Å². The second-order valence-electron chi connectivity index (χ2n) is 7.32. The molecule has 3 atom stereocenters. The molecule has 1 fully saturated rings. The van der Waals surface area contributed by atoms with E-state index in [1.807, 2.05) is 13.8 Å². The second kappa shape index (κ2) is 12.6. The van der Waals surface area contributed by atoms with E-state index in [1.165, 1.54) is 29.8 Å². The van der Waals surface area contributed by atoms with Crippen LogP contribution >= 0.6 is 11.8 Å². The van der Waals surface area contributed by atoms with Crippen LogP contribution in [0.5, 0.6) is 11.5 Å². The number of nitro groups is 1. The first-order chi connectivity index (χ1) is 15.7. The quantitative estimate of drug-likeness (QED) is 0.184. The second-order valence-corrected chi connectivity index (χ2v) is 8.69. The predicted molar refractivity (Wildman–Crippen MR) is 121 cm³/mol. The summed E-state index contributed by atoms with van der Waals surface area (Å²) in [6.45, 7) is 4.26. The summed E-state index contributed by atoms with van der Waals surface area (Å²) < 4.78 is 16.5. The number of amides is 1. The highest BCUT2D eigenvalue weighted by atomic mass is 32.2. The first kappa shape index (κ1) is 26.7. The van der Waals surface area contributed by atoms with E-state index in [0.717, 1.165) is 11.8 Å². The number of aliphatic carboxylic acids is 1. The number of carboxylic acid groups (broad SMARTS) is 1. The highest BCUT2D eigenvalue weighted by Gasteiger charge is 2.42. The van der Waals surface area contributed by atoms with Crippen LogP contribution in [0, 0.1) is 10.1 Å². The lowest BCUT2D eigenvalue weighted by molar-refractivity contribution is -0.385. The molecule has 11 nitrogen and oxygen atoms in total. The molecule has 33 heavy (non-hydrogen) atoms. The van der Waals surface area contributed by atoms with Gasteiger partial charge in [0.15, 0.2) is 11.5 Å². The van der Waals surface area contributed by atoms with Gasteiger partial charge in [-0.2, -0.15) is 0 Å². The average molecular weight is 487 g/mol. The minimum Gasteiger partial charge on any atom is -0.493 e. The van der Waals surface area contributed by atoms with E-state index < -0.39 is 34.6 Å². The normalized spacial score (nSPS) is 18.7. The molecule has 0 spiro atoms. The number of hydrogen-bond acceptors (Lipinski definition) is 9. The SMILES string of the molecule is CCOC(SCC)[C@@H]1C[C@@H](O)CN1C(=O)c1cc(OC)c(OCCCC(=O)O)cc1[N+](=O)[O-]. The van der Waals surface area contributed by atoms with Crippen molar-refractivity contribution >= 4 is 29.3 Å². The highest BCUT2D eigenvalue weighted by Crippen LogP contribution is 2.37. The van der Waals surface area contributed by atoms with Crippen LogP contribution in [0.15, 0.2) is 12.1 Å². The van der Waals surface area contributed by atoms with Crippen molar-refractivity contribution in [1.82, 2.24) is 4.90 Å². The van der Waals surface area contributed by atoms with Gasteiger partial charge in [-0.1, -0.05) is 6.92 Å². The van der Waals surface area contributed by atoms with Gasteiger partial charge >= 0.3 is 5.97 Å². The Hall–Kier alpha value is -2.57. The summed E-state index contributed by atoms with van der Waals surface area (Å²) in [5.74, 6) is -0.703. The van der Waals surface area contributed by atoms with Crippen molar-refractivity contribution < 1.29 is 38.9 Å². The number of aliphatic hydroxyl groups excluding tert-OH is 1. The third-order valence-electron chi connectivity index (χ3n) is 5.06. The Labute approximate surface area is 196 Å². The lowest BCUT2D eigenvalue weighted by Crippen LogP contribution is -2.43. The van der Waals surface area contributed by atoms with Crippen LogP contribution < -0.4 is 9.47 Å². The van der Waals surface area contributed by atoms with Crippen molar-refractivity contribution in [2.45, 2.75) is 50.7 Å². The summed E-state index contributed by atoms with van der Waals surface area (Å²) in [6, 6.07) is 1.90. The molecule has 1 aliphatic heterocycles. The van der Waals surface area contributed by atoms with E-state index in [0.29, 0.717) is 13.0 Å². The Balaban J connectivity index is 2.37. The Morgan fingerprint density at radius 3 is 2.64 bits per heavy atom. The van der Waals surface area contributed by atoms with Gasteiger partial charge < -0.3 is 29.3 Å². The summed E-state index contributed by atoms with van der Waals surface area (Å²) in [5, 5.41) is 30.8. The van der Waals surface area contributed by atoms with Crippen molar-refractivity contribution in [3.63, 3.8) is 0 Å². The Morgan fingerprint density at radius 1 is 1.33 bits per heavy atom. The Morgan fingerprint density at radius 2 is 2.06 bits per heavy atom. The van der Waals surface area contributed by atoms with Crippen LogP contribution in [0.1, 0.15) is 43.5 Å². The van der Waals surface area contributed by atoms with Gasteiger partial charge in [0, 0.05) is 25.6 Å². The first-order valence-corrected chi connectivity index (χ1v) is 11.7. The Bertz CT molecular complexity index is 845. The molecular weight excluding hydrogens is 456 g/mol. The maximum atomic E-state index is 13.4. The number of carboxylic acids is 1. The summed E-state index contributed by atoms with van der Waals surface area (Å²) in [7, 11) is 1.34. The zero-order valence-corrected chi connectivity index (χ0v) is 19.7. The molecule has 1 unspecified atom stereocenters. The van der Waals surface area contributed by atoms with E-state index in [1.54, 1.807) is 0 Å². The zero-order chi connectivity index (χ0) is 24.5. The number of carbonyl (C=O) groups is 2. The van der Waals surface area contributed by atoms with Crippen LogP contribution in [-0.2, 0) is 9.53 Å². The highest BCUT2D eigenvalue weighted by molar-refractivity contribution is 7.99. The number of likely N-dealkylation sites (tertiary alicyclic amines) is 1. The van der Waals surface area contributed by atoms with Gasteiger partial charge in [0.2, 0.25) is 0 Å². The number of nitro benzene ring substituents is 1. The fourth-order valence-electron chi connectivity index (χ4n) is 3.64. The molecule has 1 saturated heterocycles. The number of hydrogen-bond donors (Lipinski definition) is 2. The number of ether oxygens (including phenoxy) is 3. The molecular formula is C21H30N2O9S. The number of carbonyl (C=O) groups excluding carboxylic acids is 1. The summed E-state index contributed by atoms with van der Waals surface area (Å²) in [6.07, 6.45) is -0.374. The third kappa shape index (κ3) is 6.95. The van der Waals surface area contributed by atoms with Gasteiger partial charge in [0.25, 0.3) is 11.6 Å². The maximum absolute atomic E-state index is 13.4. The monoisotopic (exact) mass is 486 g/mol. The van der Waals surface area contributed by atoms with Crippen molar-refractivity contribution in [3.05, 3.63) is 27.8 Å². The minimum atomic E-state index is -0.980. The van der Waals surface area contributed by atoms with E-state index in [-0.39, 0.29) is 48.5 Å². The fourth-order valence-corrected chi connectivity index (χ4v) is 4.68. The lowest BCUT2D eigenvalue weighted by Gasteiger charge is -2.30. The molecule has 184 valence electrons. The third-order valence-corrected chi connectivity index (χ3v) is 6.17. The number of nitrogens with zero attached hydrogens (tertiary/aromatic N) is 2. The van der Waals surface area contributed by atoms with Gasteiger partial charge in [-0.15, -0.1) is 11.8 Å². The van der Waals surface area contributed by atoms with Gasteiger partial charge in [0.05, 0.1) is 36.9 Å². The standard InChI is InChI=1S/C21H30N2O9S/c1-4-31-21(33-5-2)16-9-13(24)12-22(16)20(27)14-10-17(30-3)18(11-15(14)23(28)29)32-8-6-7-19(25)26/h10-11,13,16,21,24H,4-9,12H2,1-3H3,(H,25,26)/t13-,16+,21?/m1/s1. The first-order valence-electron chi connectivity index (χ1n) is 10.7. The number of methoxy groups -OCH3 is 1. The van der Waals surface area contributed by atoms with Crippen LogP contribution in [0.2, 0.25) is 0 Å². The van der Waals surface area contributed by atoms with E-state index in [2.05, 4.69) is 0 Å². The predicted octanol–water partition coefficient (Wildman–Crippen LogP) is 2.54. The van der Waals surface area contributed by atoms with Gasteiger partial charge in [0.1, 0.15) is 11.0 Å². The number of β-amino-alcohol motifs (C(OH)–C–C–N with tert-alkyl or cyclic N) is 1. The van der Waals surface area contributed by atoms with Crippen molar-refractivity contribution in [3.8, 4) is 11.5 Å². The molecule has 0 radical (unpaired) electrons. The van der Waals surface area contributed by atoms with E-state index in [4.69, 9.17) is 19.3 Å². The molecule has 0 aromatic heterocycles. The molecule has 2 rings (SSSR count). The van der Waals surface area contributed by atoms with Crippen molar-refractivity contribution in [2.75, 3.05) is 32.6 Å². The molecule has 0 aliphatic carbocycles.